The highest BCUT2D eigenvalue weighted by atomic mass is 14.8. The molecule has 0 radical (unpaired) electrons. The van der Waals surface area contributed by atoms with Gasteiger partial charge in [0.15, 0.2) is 0 Å². The topological polar surface area (TPSA) is 62.7 Å². The Morgan fingerprint density at radius 3 is 2.63 bits per heavy atom. The molecule has 0 unspecified atom stereocenters. The summed E-state index contributed by atoms with van der Waals surface area (Å²) in [6.45, 7) is 6.05. The Kier molecular flexibility index (Phi) is 3.52. The summed E-state index contributed by atoms with van der Waals surface area (Å²) in [5, 5.41) is 9.37. The largest absolute Gasteiger partial charge is 0.383 e. The zero-order valence-electron chi connectivity index (χ0n) is 11.5. The lowest BCUT2D eigenvalue weighted by Crippen LogP contribution is -2.05. The van der Waals surface area contributed by atoms with E-state index in [1.165, 1.54) is 0 Å². The minimum Gasteiger partial charge on any atom is -0.383 e. The third kappa shape index (κ3) is 2.30. The molecule has 2 rings (SSSR count). The lowest BCUT2D eigenvalue weighted by Gasteiger charge is -2.15. The molecule has 2 N–H and O–H groups in total. The fourth-order valence-corrected chi connectivity index (χ4v) is 2.43. The van der Waals surface area contributed by atoms with Crippen LogP contribution in [-0.2, 0) is 6.42 Å². The molecule has 2 aromatic rings. The van der Waals surface area contributed by atoms with Gasteiger partial charge in [0.05, 0.1) is 0 Å². The molecule has 0 saturated carbocycles. The monoisotopic (exact) mass is 251 g/mol. The van der Waals surface area contributed by atoms with Gasteiger partial charge in [-0.25, -0.2) is 4.98 Å². The highest BCUT2D eigenvalue weighted by Crippen LogP contribution is 2.32. The van der Waals surface area contributed by atoms with Crippen molar-refractivity contribution in [3.63, 3.8) is 0 Å². The Labute approximate surface area is 113 Å². The second-order valence-electron chi connectivity index (χ2n) is 4.65. The zero-order chi connectivity index (χ0) is 14.0. The number of nitrogens with two attached hydrogens (primary N) is 1. The number of nitrogens with zero attached hydrogens (tertiary/aromatic N) is 2. The van der Waals surface area contributed by atoms with E-state index in [1.807, 2.05) is 32.0 Å². The third-order valence-corrected chi connectivity index (χ3v) is 3.30. The minimum absolute atomic E-state index is 0.314. The summed E-state index contributed by atoms with van der Waals surface area (Å²) in [4.78, 5) is 4.28. The summed E-state index contributed by atoms with van der Waals surface area (Å²) in [7, 11) is 0. The van der Waals surface area contributed by atoms with E-state index in [0.717, 1.165) is 34.4 Å². The van der Waals surface area contributed by atoms with Crippen LogP contribution in [0.25, 0.3) is 11.1 Å². The van der Waals surface area contributed by atoms with Crippen LogP contribution in [0.1, 0.15) is 29.3 Å². The van der Waals surface area contributed by atoms with Gasteiger partial charge in [-0.15, -0.1) is 0 Å². The molecule has 0 spiro atoms. The van der Waals surface area contributed by atoms with Crippen LogP contribution < -0.4 is 5.73 Å². The standard InChI is InChI=1S/C16H17N3/c1-4-13-11(3)19-16(18)14(9-17)15(13)12-7-5-6-10(2)8-12/h5-8H,4H2,1-3H3,(H2,18,19). The first-order valence-electron chi connectivity index (χ1n) is 6.34. The van der Waals surface area contributed by atoms with Crippen molar-refractivity contribution >= 4 is 5.82 Å². The van der Waals surface area contributed by atoms with Crippen LogP contribution in [0.2, 0.25) is 0 Å². The molecule has 0 aliphatic carbocycles. The predicted molar refractivity (Wildman–Crippen MR) is 77.7 cm³/mol. The van der Waals surface area contributed by atoms with Crippen LogP contribution in [0.4, 0.5) is 5.82 Å². The minimum atomic E-state index is 0.314. The van der Waals surface area contributed by atoms with Gasteiger partial charge in [0, 0.05) is 11.3 Å². The first kappa shape index (κ1) is 13.1. The van der Waals surface area contributed by atoms with Gasteiger partial charge >= 0.3 is 0 Å². The number of pyridine rings is 1. The van der Waals surface area contributed by atoms with E-state index < -0.39 is 0 Å². The highest BCUT2D eigenvalue weighted by Gasteiger charge is 2.16. The van der Waals surface area contributed by atoms with Crippen LogP contribution in [0.5, 0.6) is 0 Å². The smallest absolute Gasteiger partial charge is 0.142 e. The lowest BCUT2D eigenvalue weighted by molar-refractivity contribution is 1.05. The highest BCUT2D eigenvalue weighted by molar-refractivity contribution is 5.79. The summed E-state index contributed by atoms with van der Waals surface area (Å²) >= 11 is 0. The summed E-state index contributed by atoms with van der Waals surface area (Å²) in [6, 6.07) is 10.3. The van der Waals surface area contributed by atoms with Crippen LogP contribution in [-0.4, -0.2) is 4.98 Å². The van der Waals surface area contributed by atoms with E-state index in [9.17, 15) is 5.26 Å². The zero-order valence-corrected chi connectivity index (χ0v) is 11.5. The molecule has 0 aliphatic heterocycles. The van der Waals surface area contributed by atoms with Gasteiger partial charge in [-0.2, -0.15) is 5.26 Å². The fourth-order valence-electron chi connectivity index (χ4n) is 2.43. The van der Waals surface area contributed by atoms with Gasteiger partial charge in [-0.05, 0) is 31.4 Å². The lowest BCUT2D eigenvalue weighted by atomic mass is 9.92. The van der Waals surface area contributed by atoms with E-state index in [2.05, 4.69) is 24.0 Å². The van der Waals surface area contributed by atoms with Crippen LogP contribution in [0, 0.1) is 25.2 Å². The van der Waals surface area contributed by atoms with Crippen molar-refractivity contribution in [2.24, 2.45) is 0 Å². The maximum atomic E-state index is 9.37. The van der Waals surface area contributed by atoms with Crippen molar-refractivity contribution < 1.29 is 0 Å². The number of rotatable bonds is 2. The molecule has 0 bridgehead atoms. The number of benzene rings is 1. The Hall–Kier alpha value is -2.34. The molecule has 19 heavy (non-hydrogen) atoms. The normalized spacial score (nSPS) is 10.2. The molecule has 1 heterocycles. The molecule has 0 amide bonds. The maximum Gasteiger partial charge on any atom is 0.142 e. The van der Waals surface area contributed by atoms with Crippen LogP contribution in [0.3, 0.4) is 0 Å². The number of hydrogen-bond acceptors (Lipinski definition) is 3. The number of aromatic nitrogens is 1. The number of hydrogen-bond donors (Lipinski definition) is 1. The van der Waals surface area contributed by atoms with Crippen molar-refractivity contribution in [1.29, 1.82) is 5.26 Å². The summed E-state index contributed by atoms with van der Waals surface area (Å²) in [5.41, 5.74) is 11.5. The Morgan fingerprint density at radius 1 is 1.32 bits per heavy atom. The molecule has 0 aliphatic rings. The molecule has 0 fully saturated rings. The van der Waals surface area contributed by atoms with Crippen molar-refractivity contribution in [2.45, 2.75) is 27.2 Å². The Morgan fingerprint density at radius 2 is 2.05 bits per heavy atom. The Bertz CT molecular complexity index is 666. The van der Waals surface area contributed by atoms with Crippen LogP contribution in [0.15, 0.2) is 24.3 Å². The molecule has 1 aromatic carbocycles. The molecule has 0 saturated heterocycles. The number of anilines is 1. The van der Waals surface area contributed by atoms with E-state index in [-0.39, 0.29) is 0 Å². The molecule has 0 atom stereocenters. The second-order valence-corrected chi connectivity index (χ2v) is 4.65. The summed E-state index contributed by atoms with van der Waals surface area (Å²) in [5.74, 6) is 0.314. The van der Waals surface area contributed by atoms with E-state index >= 15 is 0 Å². The first-order valence-corrected chi connectivity index (χ1v) is 6.34. The molecule has 3 heteroatoms. The molecule has 3 nitrogen and oxygen atoms in total. The van der Waals surface area contributed by atoms with Gasteiger partial charge < -0.3 is 5.73 Å². The van der Waals surface area contributed by atoms with E-state index in [0.29, 0.717) is 11.4 Å². The number of nitriles is 1. The number of aryl methyl sites for hydroxylation is 2. The van der Waals surface area contributed by atoms with Crippen molar-refractivity contribution in [2.75, 3.05) is 5.73 Å². The molecular formula is C16H17N3. The van der Waals surface area contributed by atoms with Crippen molar-refractivity contribution in [3.05, 3.63) is 46.6 Å². The van der Waals surface area contributed by atoms with Crippen molar-refractivity contribution in [1.82, 2.24) is 4.98 Å². The quantitative estimate of drug-likeness (QED) is 0.889. The average molecular weight is 251 g/mol. The van der Waals surface area contributed by atoms with Crippen molar-refractivity contribution in [3.8, 4) is 17.2 Å². The SMILES string of the molecule is CCc1c(C)nc(N)c(C#N)c1-c1cccc(C)c1. The maximum absolute atomic E-state index is 9.37. The average Bonchev–Trinajstić information content (AvgIpc) is 2.38. The molecular weight excluding hydrogens is 234 g/mol. The number of nitrogen functional groups attached to an aromatic ring is 1. The molecule has 96 valence electrons. The first-order chi connectivity index (χ1) is 9.08. The fraction of sp³-hybridized carbons (Fsp3) is 0.250. The van der Waals surface area contributed by atoms with Gasteiger partial charge in [0.25, 0.3) is 0 Å². The second kappa shape index (κ2) is 5.11. The predicted octanol–water partition coefficient (Wildman–Crippen LogP) is 3.38. The van der Waals surface area contributed by atoms with Gasteiger partial charge in [-0.1, -0.05) is 36.8 Å². The molecule has 1 aromatic heterocycles. The van der Waals surface area contributed by atoms with Gasteiger partial charge in [-0.3, -0.25) is 0 Å². The Balaban J connectivity index is 2.84. The third-order valence-electron chi connectivity index (χ3n) is 3.30. The van der Waals surface area contributed by atoms with Gasteiger partial charge in [0.1, 0.15) is 17.5 Å². The van der Waals surface area contributed by atoms with E-state index in [1.54, 1.807) is 0 Å². The van der Waals surface area contributed by atoms with Crippen LogP contribution >= 0.6 is 0 Å². The summed E-state index contributed by atoms with van der Waals surface area (Å²) in [6.07, 6.45) is 0.830. The van der Waals surface area contributed by atoms with Gasteiger partial charge in [0.2, 0.25) is 0 Å². The van der Waals surface area contributed by atoms with E-state index in [4.69, 9.17) is 5.73 Å². The summed E-state index contributed by atoms with van der Waals surface area (Å²) < 4.78 is 0.